The van der Waals surface area contributed by atoms with Gasteiger partial charge in [0.2, 0.25) is 0 Å². The molecule has 2 aromatic rings. The zero-order valence-corrected chi connectivity index (χ0v) is 42.8. The summed E-state index contributed by atoms with van der Waals surface area (Å²) in [5, 5.41) is 0. The molecule has 0 N–H and O–H groups in total. The molecular weight excluding hydrogens is 936 g/mol. The Bertz CT molecular complexity index is 1300. The van der Waals surface area contributed by atoms with E-state index in [9.17, 15) is 0 Å². The molecule has 308 valence electrons. The molecule has 0 amide bonds. The van der Waals surface area contributed by atoms with E-state index in [-0.39, 0.29) is 39.7 Å². The van der Waals surface area contributed by atoms with Gasteiger partial charge in [0.05, 0.1) is 0 Å². The molecule has 0 saturated carbocycles. The molecule has 2 aromatic carbocycles. The highest BCUT2D eigenvalue weighted by molar-refractivity contribution is 9.10. The maximum atomic E-state index is 6.71. The molecule has 0 spiro atoms. The second-order valence-electron chi connectivity index (χ2n) is 20.1. The molecule has 8 heteroatoms. The van der Waals surface area contributed by atoms with E-state index in [1.165, 1.54) is 0 Å². The molecule has 0 bridgehead atoms. The number of hydrogen-bond acceptors (Lipinski definition) is 4. The summed E-state index contributed by atoms with van der Waals surface area (Å²) in [6, 6.07) is 12.5. The lowest BCUT2D eigenvalue weighted by Gasteiger charge is -2.31. The Hall–Kier alpha value is -0.700. The summed E-state index contributed by atoms with van der Waals surface area (Å²) in [6.07, 6.45) is 11.8. The normalized spacial score (nSPS) is 14.1. The van der Waals surface area contributed by atoms with E-state index in [4.69, 9.17) is 18.9 Å². The lowest BCUT2D eigenvalue weighted by molar-refractivity contribution is 0.0853. The molecule has 0 atom stereocenters. The molecule has 0 heterocycles. The molecule has 0 aliphatic heterocycles. The van der Waals surface area contributed by atoms with Crippen LogP contribution in [0.4, 0.5) is 0 Å². The molecule has 4 nitrogen and oxygen atoms in total. The van der Waals surface area contributed by atoms with Crippen LogP contribution in [0.5, 0.6) is 23.0 Å². The average molecular weight is 1010 g/mol. The van der Waals surface area contributed by atoms with Gasteiger partial charge < -0.3 is 18.9 Å². The number of halogens is 4. The third-order valence-electron chi connectivity index (χ3n) is 9.14. The summed E-state index contributed by atoms with van der Waals surface area (Å²) >= 11 is 15.2. The van der Waals surface area contributed by atoms with Gasteiger partial charge in [-0.15, -0.1) is 0 Å². The van der Waals surface area contributed by atoms with Crippen LogP contribution < -0.4 is 18.9 Å². The highest BCUT2D eigenvalue weighted by atomic mass is 79.9. The second kappa shape index (κ2) is 18.9. The van der Waals surface area contributed by atoms with E-state index in [0.717, 1.165) is 85.5 Å². The molecule has 0 aliphatic carbocycles. The van der Waals surface area contributed by atoms with Crippen LogP contribution >= 0.6 is 63.7 Å². The van der Waals surface area contributed by atoms with Gasteiger partial charge in [0.25, 0.3) is 0 Å². The molecular formula is C46H72Br4O4. The Morgan fingerprint density at radius 1 is 0.333 bits per heavy atom. The van der Waals surface area contributed by atoms with Gasteiger partial charge in [-0.1, -0.05) is 131 Å². The molecule has 0 unspecified atom stereocenters. The average Bonchev–Trinajstić information content (AvgIpc) is 2.94. The van der Waals surface area contributed by atoms with Crippen LogP contribution in [0.15, 0.2) is 36.4 Å². The third-order valence-corrected chi connectivity index (χ3v) is 10.7. The van der Waals surface area contributed by atoms with Gasteiger partial charge in [0, 0.05) is 29.4 Å². The van der Waals surface area contributed by atoms with Gasteiger partial charge in [-0.2, -0.15) is 0 Å². The van der Waals surface area contributed by atoms with E-state index in [1.54, 1.807) is 0 Å². The fourth-order valence-electron chi connectivity index (χ4n) is 5.68. The predicted molar refractivity (Wildman–Crippen MR) is 250 cm³/mol. The van der Waals surface area contributed by atoms with Crippen molar-refractivity contribution in [3.05, 3.63) is 47.5 Å². The summed E-state index contributed by atoms with van der Waals surface area (Å²) in [5.74, 6) is 3.15. The van der Waals surface area contributed by atoms with Crippen molar-refractivity contribution in [2.24, 2.45) is 0 Å². The largest absolute Gasteiger partial charge is 0.488 e. The lowest BCUT2D eigenvalue weighted by atomic mass is 9.96. The Labute approximate surface area is 364 Å². The quantitative estimate of drug-likeness (QED) is 0.0870. The maximum absolute atomic E-state index is 6.71. The first-order valence-electron chi connectivity index (χ1n) is 19.6. The summed E-state index contributed by atoms with van der Waals surface area (Å²) in [7, 11) is 0. The first-order chi connectivity index (χ1) is 24.1. The minimum absolute atomic E-state index is 0.0416. The van der Waals surface area contributed by atoms with Crippen LogP contribution in [0.25, 0.3) is 12.2 Å². The topological polar surface area (TPSA) is 36.9 Å². The number of rotatable bonds is 22. The smallest absolute Gasteiger partial charge is 0.124 e. The molecule has 0 aliphatic rings. The molecule has 0 aromatic heterocycles. The van der Waals surface area contributed by atoms with E-state index >= 15 is 0 Å². The van der Waals surface area contributed by atoms with E-state index in [0.29, 0.717) is 0 Å². The first kappa shape index (κ1) is 49.4. The molecule has 2 rings (SSSR count). The highest BCUT2D eigenvalue weighted by Gasteiger charge is 2.29. The van der Waals surface area contributed by atoms with Crippen molar-refractivity contribution < 1.29 is 18.9 Å². The molecule has 0 saturated heterocycles. The van der Waals surface area contributed by atoms with Gasteiger partial charge in [-0.3, -0.25) is 0 Å². The van der Waals surface area contributed by atoms with Crippen LogP contribution in [0.3, 0.4) is 0 Å². The van der Waals surface area contributed by atoms with Crippen LogP contribution in [-0.4, -0.2) is 39.7 Å². The van der Waals surface area contributed by atoms with Gasteiger partial charge >= 0.3 is 0 Å². The Balaban J connectivity index is 2.59. The molecule has 0 fully saturated rings. The van der Waals surface area contributed by atoms with Crippen molar-refractivity contribution >= 4 is 75.9 Å². The van der Waals surface area contributed by atoms with Crippen LogP contribution in [0.2, 0.25) is 0 Å². The maximum Gasteiger partial charge on any atom is 0.124 e. The monoisotopic (exact) mass is 1000 g/mol. The zero-order chi connectivity index (χ0) is 41.6. The van der Waals surface area contributed by atoms with E-state index in [1.807, 2.05) is 12.1 Å². The van der Waals surface area contributed by atoms with Gasteiger partial charge in [0.1, 0.15) is 45.4 Å². The number of hydrogen-bond donors (Lipinski definition) is 0. The minimum Gasteiger partial charge on any atom is -0.488 e. The van der Waals surface area contributed by atoms with Crippen LogP contribution in [0.1, 0.15) is 173 Å². The van der Waals surface area contributed by atoms with Gasteiger partial charge in [-0.25, -0.2) is 0 Å². The lowest BCUT2D eigenvalue weighted by Crippen LogP contribution is -2.31. The molecule has 54 heavy (non-hydrogen) atoms. The third kappa shape index (κ3) is 22.3. The molecule has 0 radical (unpaired) electrons. The van der Waals surface area contributed by atoms with Crippen molar-refractivity contribution in [3.8, 4) is 23.0 Å². The predicted octanol–water partition coefficient (Wildman–Crippen LogP) is 16.3. The first-order valence-corrected chi connectivity index (χ1v) is 22.8. The van der Waals surface area contributed by atoms with Gasteiger partial charge in [0.15, 0.2) is 0 Å². The fourth-order valence-corrected chi connectivity index (χ4v) is 6.47. The zero-order valence-electron chi connectivity index (χ0n) is 36.4. The summed E-state index contributed by atoms with van der Waals surface area (Å²) < 4.78 is 27.0. The Morgan fingerprint density at radius 2 is 0.519 bits per heavy atom. The summed E-state index contributed by atoms with van der Waals surface area (Å²) in [6.45, 7) is 34.8. The van der Waals surface area contributed by atoms with Crippen molar-refractivity contribution in [3.63, 3.8) is 0 Å². The highest BCUT2D eigenvalue weighted by Crippen LogP contribution is 2.37. The second-order valence-corrected chi connectivity index (χ2v) is 28.7. The van der Waals surface area contributed by atoms with Gasteiger partial charge in [-0.05, 0) is 142 Å². The number of alkyl halides is 4. The standard InChI is InChI=1S/C46H72Br4O4/c1-39(2,47)19-23-43(9,10)51-35-27-33(28-36(31-35)52-44(11,12)24-20-40(3,4)48)17-18-34-29-37(53-45(13,14)25-21-41(5,6)49)32-38(30-34)54-46(15,16)26-22-42(7,8)50/h17-18,27-32H,19-26H2,1-16H3/b18-17+. The van der Waals surface area contributed by atoms with Crippen LogP contribution in [0, 0.1) is 0 Å². The summed E-state index contributed by atoms with van der Waals surface area (Å²) in [4.78, 5) is 0. The van der Waals surface area contributed by atoms with Crippen molar-refractivity contribution in [2.45, 2.75) is 202 Å². The van der Waals surface area contributed by atoms with E-state index in [2.05, 4.69) is 211 Å². The number of benzene rings is 2. The Morgan fingerprint density at radius 3 is 0.685 bits per heavy atom. The van der Waals surface area contributed by atoms with E-state index < -0.39 is 0 Å². The minimum atomic E-state index is -0.369. The summed E-state index contributed by atoms with van der Waals surface area (Å²) in [5.41, 5.74) is 0.503. The Kier molecular flexibility index (Phi) is 17.3. The van der Waals surface area contributed by atoms with Crippen LogP contribution in [-0.2, 0) is 0 Å². The van der Waals surface area contributed by atoms with Crippen molar-refractivity contribution in [1.82, 2.24) is 0 Å². The SMILES string of the molecule is CC(C)(Br)CCC(C)(C)Oc1cc(/C=C/c2cc(OC(C)(C)CCC(C)(C)Br)cc(OC(C)(C)CCC(C)(C)Br)c2)cc(OC(C)(C)CCC(C)(C)Br)c1. The fraction of sp³-hybridized carbons (Fsp3) is 0.696. The van der Waals surface area contributed by atoms with Crippen molar-refractivity contribution in [1.29, 1.82) is 0 Å². The van der Waals surface area contributed by atoms with Crippen molar-refractivity contribution in [2.75, 3.05) is 0 Å². The number of ether oxygens (including phenoxy) is 4.